The van der Waals surface area contributed by atoms with Crippen molar-refractivity contribution in [3.63, 3.8) is 0 Å². The minimum atomic E-state index is -1.08. The van der Waals surface area contributed by atoms with Gasteiger partial charge in [-0.3, -0.25) is 0 Å². The number of hydrogen-bond donors (Lipinski definition) is 0. The molecule has 0 aliphatic heterocycles. The molecular formula is C6H9FO4Zn. The Morgan fingerprint density at radius 3 is 1.25 bits per heavy atom. The van der Waals surface area contributed by atoms with E-state index in [-0.39, 0.29) is 25.8 Å². The first-order valence-electron chi connectivity index (χ1n) is 2.44. The standard InChI is InChI=1S/C2H3F.2C2H4O2.Zn/c1-2-3;2*1-2(3)4;/h2H,1H2;2*1H3,(H,3,4);/q;;;+2/p-2. The van der Waals surface area contributed by atoms with E-state index in [4.69, 9.17) is 19.8 Å². The quantitative estimate of drug-likeness (QED) is 0.479. The molecule has 0 aromatic heterocycles. The molecule has 4 nitrogen and oxygen atoms in total. The number of carboxylic acids is 2. The van der Waals surface area contributed by atoms with Crippen LogP contribution in [0.2, 0.25) is 0 Å². The van der Waals surface area contributed by atoms with Crippen LogP contribution in [0.4, 0.5) is 4.39 Å². The van der Waals surface area contributed by atoms with Crippen molar-refractivity contribution >= 4 is 11.9 Å². The molecular weight excluding hydrogens is 220 g/mol. The van der Waals surface area contributed by atoms with Crippen LogP contribution >= 0.6 is 0 Å². The number of aliphatic carboxylic acids is 2. The summed E-state index contributed by atoms with van der Waals surface area (Å²) in [5.74, 6) is -2.17. The van der Waals surface area contributed by atoms with Gasteiger partial charge in [0.25, 0.3) is 0 Å². The van der Waals surface area contributed by atoms with E-state index >= 15 is 0 Å². The van der Waals surface area contributed by atoms with Crippen LogP contribution in [0, 0.1) is 0 Å². The molecule has 0 aromatic carbocycles. The van der Waals surface area contributed by atoms with Crippen LogP contribution in [0.5, 0.6) is 0 Å². The first-order chi connectivity index (χ1) is 4.88. The van der Waals surface area contributed by atoms with Crippen LogP contribution in [-0.4, -0.2) is 11.9 Å². The first kappa shape index (κ1) is 22.5. The summed E-state index contributed by atoms with van der Waals surface area (Å²) in [6.07, 6.45) is 0.250. The van der Waals surface area contributed by atoms with Crippen molar-refractivity contribution < 1.29 is 43.7 Å². The summed E-state index contributed by atoms with van der Waals surface area (Å²) in [6.45, 7) is 4.64. The Kier molecular flexibility index (Phi) is 42.1. The molecule has 6 heteroatoms. The van der Waals surface area contributed by atoms with Crippen molar-refractivity contribution in [3.05, 3.63) is 12.9 Å². The summed E-state index contributed by atoms with van der Waals surface area (Å²) >= 11 is 0. The second-order valence-electron chi connectivity index (χ2n) is 1.14. The molecule has 0 saturated heterocycles. The molecule has 0 atom stereocenters. The van der Waals surface area contributed by atoms with Gasteiger partial charge in [0, 0.05) is 11.9 Å². The van der Waals surface area contributed by atoms with E-state index in [2.05, 4.69) is 6.58 Å². The van der Waals surface area contributed by atoms with Gasteiger partial charge in [0.05, 0.1) is 6.33 Å². The second kappa shape index (κ2) is 22.5. The van der Waals surface area contributed by atoms with Gasteiger partial charge in [-0.1, -0.05) is 6.58 Å². The van der Waals surface area contributed by atoms with Gasteiger partial charge in [-0.2, -0.15) is 0 Å². The molecule has 0 unspecified atom stereocenters. The van der Waals surface area contributed by atoms with Crippen LogP contribution < -0.4 is 10.2 Å². The van der Waals surface area contributed by atoms with E-state index in [1.165, 1.54) is 0 Å². The Balaban J connectivity index is -0.0000000389. The van der Waals surface area contributed by atoms with Crippen molar-refractivity contribution in [1.29, 1.82) is 0 Å². The number of carboxylic acid groups (broad SMARTS) is 2. The molecule has 0 fully saturated rings. The number of hydrogen-bond acceptors (Lipinski definition) is 4. The normalized spacial score (nSPS) is 5.25. The van der Waals surface area contributed by atoms with E-state index in [1.54, 1.807) is 0 Å². The molecule has 0 radical (unpaired) electrons. The van der Waals surface area contributed by atoms with Crippen molar-refractivity contribution in [2.75, 3.05) is 0 Å². The molecule has 0 saturated carbocycles. The zero-order valence-electron chi connectivity index (χ0n) is 7.00. The molecule has 0 rings (SSSR count). The molecule has 0 aromatic rings. The molecule has 0 amide bonds. The summed E-state index contributed by atoms with van der Waals surface area (Å²) in [6, 6.07) is 0. The van der Waals surface area contributed by atoms with Gasteiger partial charge in [-0.15, -0.1) is 0 Å². The number of carbonyl (C=O) groups excluding carboxylic acids is 2. The second-order valence-corrected chi connectivity index (χ2v) is 1.14. The minimum Gasteiger partial charge on any atom is -0.550 e. The van der Waals surface area contributed by atoms with Crippen LogP contribution in [0.1, 0.15) is 13.8 Å². The Morgan fingerprint density at radius 2 is 1.25 bits per heavy atom. The first-order valence-corrected chi connectivity index (χ1v) is 2.44. The topological polar surface area (TPSA) is 80.3 Å². The maximum Gasteiger partial charge on any atom is 2.00 e. The monoisotopic (exact) mass is 228 g/mol. The van der Waals surface area contributed by atoms with Gasteiger partial charge in [-0.05, 0) is 13.8 Å². The Labute approximate surface area is 82.8 Å². The molecule has 0 aliphatic carbocycles. The average Bonchev–Trinajstić information content (AvgIpc) is 1.60. The van der Waals surface area contributed by atoms with Crippen molar-refractivity contribution in [1.82, 2.24) is 0 Å². The van der Waals surface area contributed by atoms with Crippen LogP contribution in [0.15, 0.2) is 12.9 Å². The van der Waals surface area contributed by atoms with E-state index in [0.717, 1.165) is 13.8 Å². The van der Waals surface area contributed by atoms with E-state index in [1.807, 2.05) is 0 Å². The van der Waals surface area contributed by atoms with Crippen LogP contribution in [-0.2, 0) is 29.1 Å². The van der Waals surface area contributed by atoms with Gasteiger partial charge in [0.1, 0.15) is 0 Å². The Bertz CT molecular complexity index is 107. The average molecular weight is 230 g/mol. The summed E-state index contributed by atoms with van der Waals surface area (Å²) in [5, 5.41) is 17.8. The fourth-order valence-corrected chi connectivity index (χ4v) is 0. The largest absolute Gasteiger partial charge is 2.00 e. The van der Waals surface area contributed by atoms with Crippen LogP contribution in [0.25, 0.3) is 0 Å². The van der Waals surface area contributed by atoms with Crippen LogP contribution in [0.3, 0.4) is 0 Å². The maximum absolute atomic E-state index is 10.1. The van der Waals surface area contributed by atoms with E-state index in [0.29, 0.717) is 0 Å². The number of rotatable bonds is 0. The van der Waals surface area contributed by atoms with Crippen molar-refractivity contribution in [2.24, 2.45) is 0 Å². The molecule has 0 spiro atoms. The molecule has 0 N–H and O–H groups in total. The summed E-state index contributed by atoms with van der Waals surface area (Å²) < 4.78 is 10.1. The molecule has 0 bridgehead atoms. The fourth-order valence-electron chi connectivity index (χ4n) is 0. The minimum absolute atomic E-state index is 0. The van der Waals surface area contributed by atoms with Gasteiger partial charge in [-0.25, -0.2) is 4.39 Å². The third kappa shape index (κ3) is 1070. The zero-order valence-corrected chi connectivity index (χ0v) is 9.97. The predicted octanol–water partition coefficient (Wildman–Crippen LogP) is -1.39. The predicted molar refractivity (Wildman–Crippen MR) is 32.7 cm³/mol. The molecule has 12 heavy (non-hydrogen) atoms. The molecule has 66 valence electrons. The van der Waals surface area contributed by atoms with E-state index < -0.39 is 11.9 Å². The van der Waals surface area contributed by atoms with Crippen molar-refractivity contribution in [3.8, 4) is 0 Å². The Hall–Kier alpha value is -0.767. The SMILES string of the molecule is C=CF.CC(=O)[O-].CC(=O)[O-].[Zn+2]. The van der Waals surface area contributed by atoms with Gasteiger partial charge in [0.2, 0.25) is 0 Å². The van der Waals surface area contributed by atoms with Gasteiger partial charge in [0.15, 0.2) is 0 Å². The zero-order chi connectivity index (χ0) is 9.86. The maximum atomic E-state index is 10.1. The van der Waals surface area contributed by atoms with Gasteiger partial charge >= 0.3 is 19.5 Å². The molecule has 0 heterocycles. The van der Waals surface area contributed by atoms with Gasteiger partial charge < -0.3 is 19.8 Å². The summed E-state index contributed by atoms with van der Waals surface area (Å²) in [4.78, 5) is 17.8. The molecule has 0 aliphatic rings. The Morgan fingerprint density at radius 1 is 1.25 bits per heavy atom. The van der Waals surface area contributed by atoms with E-state index in [9.17, 15) is 4.39 Å². The summed E-state index contributed by atoms with van der Waals surface area (Å²) in [5.41, 5.74) is 0. The smallest absolute Gasteiger partial charge is 0.550 e. The van der Waals surface area contributed by atoms with Crippen molar-refractivity contribution in [2.45, 2.75) is 13.8 Å². The number of halogens is 1. The third-order valence-electron chi connectivity index (χ3n) is 0. The third-order valence-corrected chi connectivity index (χ3v) is 0. The fraction of sp³-hybridized carbons (Fsp3) is 0.333. The summed E-state index contributed by atoms with van der Waals surface area (Å²) in [7, 11) is 0. The number of carbonyl (C=O) groups is 2.